The number of aryl methyl sites for hydroxylation is 1. The van der Waals surface area contributed by atoms with Crippen LogP contribution >= 0.6 is 11.6 Å². The van der Waals surface area contributed by atoms with Gasteiger partial charge in [-0.2, -0.15) is 5.10 Å². The fourth-order valence-corrected chi connectivity index (χ4v) is 4.16. The number of nitrogens with zero attached hydrogens (tertiary/aromatic N) is 3. The number of carbonyl (C=O) groups excluding carboxylic acids is 1. The Hall–Kier alpha value is -1.03. The van der Waals surface area contributed by atoms with Gasteiger partial charge in [-0.3, -0.25) is 9.48 Å². The van der Waals surface area contributed by atoms with Gasteiger partial charge in [-0.25, -0.2) is 0 Å². The molecule has 2 aliphatic rings. The van der Waals surface area contributed by atoms with Crippen LogP contribution in [0, 0.1) is 17.8 Å². The number of rotatable bonds is 4. The topological polar surface area (TPSA) is 38.1 Å². The van der Waals surface area contributed by atoms with E-state index in [1.165, 1.54) is 25.7 Å². The first kappa shape index (κ1) is 13.9. The molecule has 2 bridgehead atoms. The van der Waals surface area contributed by atoms with Gasteiger partial charge < -0.3 is 4.90 Å². The summed E-state index contributed by atoms with van der Waals surface area (Å²) in [6.45, 7) is 0.537. The van der Waals surface area contributed by atoms with Gasteiger partial charge in [-0.05, 0) is 37.0 Å². The Morgan fingerprint density at radius 3 is 2.85 bits per heavy atom. The highest BCUT2D eigenvalue weighted by Crippen LogP contribution is 2.49. The Morgan fingerprint density at radius 1 is 1.50 bits per heavy atom. The van der Waals surface area contributed by atoms with Gasteiger partial charge in [0.2, 0.25) is 5.91 Å². The maximum Gasteiger partial charge on any atom is 0.222 e. The molecule has 20 heavy (non-hydrogen) atoms. The van der Waals surface area contributed by atoms with E-state index in [4.69, 9.17) is 11.6 Å². The van der Waals surface area contributed by atoms with Crippen LogP contribution in [0.1, 0.15) is 37.8 Å². The van der Waals surface area contributed by atoms with E-state index in [9.17, 15) is 4.79 Å². The summed E-state index contributed by atoms with van der Waals surface area (Å²) in [7, 11) is 3.72. The summed E-state index contributed by atoms with van der Waals surface area (Å²) in [4.78, 5) is 14.2. The van der Waals surface area contributed by atoms with E-state index in [-0.39, 0.29) is 5.91 Å². The lowest BCUT2D eigenvalue weighted by atomic mass is 9.86. The molecule has 110 valence electrons. The summed E-state index contributed by atoms with van der Waals surface area (Å²) in [6.07, 6.45) is 7.67. The molecule has 0 N–H and O–H groups in total. The van der Waals surface area contributed by atoms with E-state index in [1.54, 1.807) is 15.8 Å². The van der Waals surface area contributed by atoms with Gasteiger partial charge in [0.25, 0.3) is 0 Å². The number of aromatic nitrogens is 2. The second-order valence-corrected chi connectivity index (χ2v) is 6.86. The summed E-state index contributed by atoms with van der Waals surface area (Å²) in [5.41, 5.74) is 0.899. The van der Waals surface area contributed by atoms with Crippen LogP contribution in [-0.4, -0.2) is 27.6 Å². The molecule has 2 fully saturated rings. The SMILES string of the molecule is CN(Cc1c(Cl)cnn1C)C(=O)CC1CC2CCC1C2. The fraction of sp³-hybridized carbons (Fsp3) is 0.733. The minimum absolute atomic E-state index is 0.236. The average Bonchev–Trinajstić information content (AvgIpc) is 3.10. The van der Waals surface area contributed by atoms with E-state index in [2.05, 4.69) is 5.10 Å². The van der Waals surface area contributed by atoms with Crippen molar-refractivity contribution in [2.24, 2.45) is 24.8 Å². The third-order valence-electron chi connectivity index (χ3n) is 5.14. The molecular weight excluding hydrogens is 274 g/mol. The van der Waals surface area contributed by atoms with Gasteiger partial charge in [0, 0.05) is 20.5 Å². The first-order chi connectivity index (χ1) is 9.54. The molecule has 0 spiro atoms. The molecule has 3 atom stereocenters. The van der Waals surface area contributed by atoms with E-state index >= 15 is 0 Å². The Morgan fingerprint density at radius 2 is 2.30 bits per heavy atom. The Balaban J connectivity index is 1.57. The van der Waals surface area contributed by atoms with Crippen molar-refractivity contribution in [3.63, 3.8) is 0 Å². The molecule has 1 heterocycles. The van der Waals surface area contributed by atoms with Crippen LogP contribution < -0.4 is 0 Å². The highest BCUT2D eigenvalue weighted by atomic mass is 35.5. The quantitative estimate of drug-likeness (QED) is 0.857. The zero-order chi connectivity index (χ0) is 14.3. The Labute approximate surface area is 125 Å². The van der Waals surface area contributed by atoms with Crippen molar-refractivity contribution in [2.75, 3.05) is 7.05 Å². The van der Waals surface area contributed by atoms with Crippen molar-refractivity contribution in [2.45, 2.75) is 38.6 Å². The summed E-state index contributed by atoms with van der Waals surface area (Å²) in [5.74, 6) is 2.55. The molecule has 2 saturated carbocycles. The monoisotopic (exact) mass is 295 g/mol. The van der Waals surface area contributed by atoms with Gasteiger partial charge in [0.1, 0.15) is 0 Å². The summed E-state index contributed by atoms with van der Waals surface area (Å²) in [6, 6.07) is 0. The number of hydrogen-bond donors (Lipinski definition) is 0. The first-order valence-electron chi connectivity index (χ1n) is 7.45. The van der Waals surface area contributed by atoms with Crippen molar-refractivity contribution in [1.82, 2.24) is 14.7 Å². The third-order valence-corrected chi connectivity index (χ3v) is 5.46. The minimum atomic E-state index is 0.236. The van der Waals surface area contributed by atoms with E-state index < -0.39 is 0 Å². The zero-order valence-corrected chi connectivity index (χ0v) is 12.9. The van der Waals surface area contributed by atoms with E-state index in [0.29, 0.717) is 23.9 Å². The zero-order valence-electron chi connectivity index (χ0n) is 12.2. The summed E-state index contributed by atoms with van der Waals surface area (Å²) in [5, 5.41) is 4.74. The van der Waals surface area contributed by atoms with Crippen LogP contribution in [0.15, 0.2) is 6.20 Å². The standard InChI is InChI=1S/C15H22ClN3O/c1-18(9-14-13(16)8-17-19(14)2)15(20)7-12-6-10-3-4-11(12)5-10/h8,10-12H,3-7,9H2,1-2H3. The largest absolute Gasteiger partial charge is 0.340 e. The average molecular weight is 296 g/mol. The molecule has 1 amide bonds. The maximum atomic E-state index is 12.4. The molecule has 2 aliphatic carbocycles. The molecular formula is C15H22ClN3O. The molecule has 0 aromatic carbocycles. The van der Waals surface area contributed by atoms with Crippen LogP contribution in [-0.2, 0) is 18.4 Å². The normalized spacial score (nSPS) is 28.1. The van der Waals surface area contributed by atoms with Crippen molar-refractivity contribution in [1.29, 1.82) is 0 Å². The molecule has 0 aliphatic heterocycles. The van der Waals surface area contributed by atoms with Crippen LogP contribution in [0.3, 0.4) is 0 Å². The highest BCUT2D eigenvalue weighted by molar-refractivity contribution is 6.31. The second-order valence-electron chi connectivity index (χ2n) is 6.45. The van der Waals surface area contributed by atoms with Gasteiger partial charge >= 0.3 is 0 Å². The maximum absolute atomic E-state index is 12.4. The van der Waals surface area contributed by atoms with Crippen LogP contribution in [0.4, 0.5) is 0 Å². The lowest BCUT2D eigenvalue weighted by molar-refractivity contribution is -0.131. The molecule has 1 aromatic rings. The summed E-state index contributed by atoms with van der Waals surface area (Å²) >= 11 is 6.09. The molecule has 0 radical (unpaired) electrons. The van der Waals surface area contributed by atoms with Crippen LogP contribution in [0.25, 0.3) is 0 Å². The predicted octanol–water partition coefficient (Wildman–Crippen LogP) is 2.86. The number of hydrogen-bond acceptors (Lipinski definition) is 2. The molecule has 4 nitrogen and oxygen atoms in total. The Bertz CT molecular complexity index is 494. The van der Waals surface area contributed by atoms with E-state index in [1.807, 2.05) is 14.1 Å². The molecule has 1 aromatic heterocycles. The molecule has 3 unspecified atom stereocenters. The van der Waals surface area contributed by atoms with Gasteiger partial charge in [0.05, 0.1) is 23.5 Å². The van der Waals surface area contributed by atoms with Crippen LogP contribution in [0.5, 0.6) is 0 Å². The van der Waals surface area contributed by atoms with E-state index in [0.717, 1.165) is 17.5 Å². The fourth-order valence-electron chi connectivity index (χ4n) is 3.93. The van der Waals surface area contributed by atoms with Crippen molar-refractivity contribution in [3.05, 3.63) is 16.9 Å². The third kappa shape index (κ3) is 2.58. The molecule has 3 rings (SSSR count). The summed E-state index contributed by atoms with van der Waals surface area (Å²) < 4.78 is 1.74. The van der Waals surface area contributed by atoms with Crippen molar-refractivity contribution < 1.29 is 4.79 Å². The second kappa shape index (κ2) is 5.40. The smallest absolute Gasteiger partial charge is 0.222 e. The highest BCUT2D eigenvalue weighted by Gasteiger charge is 2.40. The molecule has 0 saturated heterocycles. The van der Waals surface area contributed by atoms with Crippen molar-refractivity contribution >= 4 is 17.5 Å². The Kier molecular flexibility index (Phi) is 3.76. The predicted molar refractivity (Wildman–Crippen MR) is 78.2 cm³/mol. The van der Waals surface area contributed by atoms with Gasteiger partial charge in [-0.1, -0.05) is 18.0 Å². The lowest BCUT2D eigenvalue weighted by Gasteiger charge is -2.24. The molecule has 5 heteroatoms. The minimum Gasteiger partial charge on any atom is -0.340 e. The van der Waals surface area contributed by atoms with Crippen LogP contribution in [0.2, 0.25) is 5.02 Å². The van der Waals surface area contributed by atoms with Gasteiger partial charge in [-0.15, -0.1) is 0 Å². The number of amides is 1. The van der Waals surface area contributed by atoms with Crippen molar-refractivity contribution in [3.8, 4) is 0 Å². The number of halogens is 1. The number of fused-ring (bicyclic) bond motifs is 2. The number of carbonyl (C=O) groups is 1. The van der Waals surface area contributed by atoms with Gasteiger partial charge in [0.15, 0.2) is 0 Å². The lowest BCUT2D eigenvalue weighted by Crippen LogP contribution is -2.30. The first-order valence-corrected chi connectivity index (χ1v) is 7.82.